The number of benzene rings is 2. The van der Waals surface area contributed by atoms with Crippen molar-refractivity contribution < 1.29 is 22.0 Å². The van der Waals surface area contributed by atoms with Gasteiger partial charge in [0, 0.05) is 18.7 Å². The van der Waals surface area contributed by atoms with Gasteiger partial charge in [-0.25, -0.2) is 12.8 Å². The molecular weight excluding hydrogens is 435 g/mol. The highest BCUT2D eigenvalue weighted by molar-refractivity contribution is 7.89. The van der Waals surface area contributed by atoms with Gasteiger partial charge in [-0.2, -0.15) is 4.31 Å². The number of halogens is 1. The van der Waals surface area contributed by atoms with Crippen LogP contribution in [0.2, 0.25) is 0 Å². The fraction of sp³-hybridized carbons (Fsp3) is 0.318. The molecular formula is C22H23FN4O4S. The summed E-state index contributed by atoms with van der Waals surface area (Å²) in [6.07, 6.45) is 1.98. The molecule has 32 heavy (non-hydrogen) atoms. The average Bonchev–Trinajstić information content (AvgIpc) is 3.22. The van der Waals surface area contributed by atoms with Crippen LogP contribution in [-0.4, -0.2) is 41.9 Å². The number of carbonyl (C=O) groups excluding carboxylic acids is 1. The third-order valence-electron chi connectivity index (χ3n) is 5.45. The van der Waals surface area contributed by atoms with Crippen LogP contribution in [0.25, 0.3) is 0 Å². The molecule has 3 aromatic rings. The third-order valence-corrected chi connectivity index (χ3v) is 7.37. The van der Waals surface area contributed by atoms with Crippen molar-refractivity contribution >= 4 is 21.9 Å². The van der Waals surface area contributed by atoms with E-state index in [1.54, 1.807) is 12.1 Å². The normalized spacial score (nSPS) is 15.6. The first-order valence-electron chi connectivity index (χ1n) is 10.3. The minimum Gasteiger partial charge on any atom is -0.407 e. The predicted molar refractivity (Wildman–Crippen MR) is 115 cm³/mol. The number of aromatic nitrogens is 2. The summed E-state index contributed by atoms with van der Waals surface area (Å²) in [5, 5.41) is 10.2. The molecule has 8 nitrogen and oxygen atoms in total. The van der Waals surface area contributed by atoms with Gasteiger partial charge in [-0.05, 0) is 60.7 Å². The van der Waals surface area contributed by atoms with Crippen LogP contribution >= 0.6 is 0 Å². The maximum absolute atomic E-state index is 13.0. The lowest BCUT2D eigenvalue weighted by Gasteiger charge is -2.29. The highest BCUT2D eigenvalue weighted by Crippen LogP contribution is 2.24. The smallest absolute Gasteiger partial charge is 0.322 e. The first kappa shape index (κ1) is 22.1. The van der Waals surface area contributed by atoms with Crippen molar-refractivity contribution in [3.63, 3.8) is 0 Å². The summed E-state index contributed by atoms with van der Waals surface area (Å²) in [6.45, 7) is 3.12. The number of sulfonamides is 1. The number of piperidine rings is 1. The maximum atomic E-state index is 13.0. The van der Waals surface area contributed by atoms with Crippen molar-refractivity contribution in [1.82, 2.24) is 14.5 Å². The van der Waals surface area contributed by atoms with Crippen LogP contribution in [-0.2, 0) is 16.4 Å². The Morgan fingerprint density at radius 1 is 1.09 bits per heavy atom. The number of nitrogens with zero attached hydrogens (tertiary/aromatic N) is 3. The molecule has 0 unspecified atom stereocenters. The standard InChI is InChI=1S/C22H23FN4O4S/c1-15-10-12-27(13-11-15)32(29,30)19-8-4-17(5-9-19)21(28)24-22-26-25-20(31-22)14-16-2-6-18(23)7-3-16/h2-9,15H,10-14H2,1H3,(H,24,26,28). The number of nitrogens with one attached hydrogen (secondary N) is 1. The first-order chi connectivity index (χ1) is 15.3. The summed E-state index contributed by atoms with van der Waals surface area (Å²) < 4.78 is 45.5. The molecule has 1 fully saturated rings. The topological polar surface area (TPSA) is 105 Å². The predicted octanol–water partition coefficient (Wildman–Crippen LogP) is 3.47. The second kappa shape index (κ2) is 9.17. The molecule has 1 saturated heterocycles. The minimum atomic E-state index is -3.58. The zero-order valence-corrected chi connectivity index (χ0v) is 18.3. The van der Waals surface area contributed by atoms with E-state index in [0.29, 0.717) is 25.4 Å². The van der Waals surface area contributed by atoms with E-state index < -0.39 is 15.9 Å². The summed E-state index contributed by atoms with van der Waals surface area (Å²) in [4.78, 5) is 12.6. The summed E-state index contributed by atoms with van der Waals surface area (Å²) in [5.74, 6) is -0.0491. The largest absolute Gasteiger partial charge is 0.407 e. The molecule has 0 atom stereocenters. The molecule has 0 bridgehead atoms. The highest BCUT2D eigenvalue weighted by atomic mass is 32.2. The summed E-state index contributed by atoms with van der Waals surface area (Å²) in [5.41, 5.74) is 1.04. The van der Waals surface area contributed by atoms with E-state index in [-0.39, 0.29) is 28.2 Å². The summed E-state index contributed by atoms with van der Waals surface area (Å²) in [6, 6.07) is 11.6. The highest BCUT2D eigenvalue weighted by Gasteiger charge is 2.28. The van der Waals surface area contributed by atoms with Gasteiger partial charge in [0.25, 0.3) is 5.91 Å². The van der Waals surface area contributed by atoms with Gasteiger partial charge in [0.2, 0.25) is 15.9 Å². The second-order valence-electron chi connectivity index (χ2n) is 7.87. The van der Waals surface area contributed by atoms with E-state index in [1.165, 1.54) is 40.7 Å². The molecule has 2 heterocycles. The quantitative estimate of drug-likeness (QED) is 0.606. The Balaban J connectivity index is 1.39. The van der Waals surface area contributed by atoms with E-state index in [1.807, 2.05) is 0 Å². The Hall–Kier alpha value is -3.11. The Morgan fingerprint density at radius 3 is 2.41 bits per heavy atom. The van der Waals surface area contributed by atoms with Crippen molar-refractivity contribution in [2.75, 3.05) is 18.4 Å². The van der Waals surface area contributed by atoms with Crippen LogP contribution in [0.3, 0.4) is 0 Å². The van der Waals surface area contributed by atoms with Crippen molar-refractivity contribution in [3.05, 3.63) is 71.4 Å². The molecule has 1 amide bonds. The van der Waals surface area contributed by atoms with Crippen molar-refractivity contribution in [2.45, 2.75) is 31.1 Å². The van der Waals surface area contributed by atoms with Crippen molar-refractivity contribution in [2.24, 2.45) is 5.92 Å². The molecule has 1 aliphatic rings. The summed E-state index contributed by atoms with van der Waals surface area (Å²) in [7, 11) is -3.58. The van der Waals surface area contributed by atoms with Crippen LogP contribution in [0, 0.1) is 11.7 Å². The number of rotatable bonds is 6. The van der Waals surface area contributed by atoms with Crippen molar-refractivity contribution in [1.29, 1.82) is 0 Å². The zero-order valence-electron chi connectivity index (χ0n) is 17.5. The molecule has 0 saturated carbocycles. The average molecular weight is 459 g/mol. The van der Waals surface area contributed by atoms with Gasteiger partial charge in [0.05, 0.1) is 11.3 Å². The molecule has 1 aromatic heterocycles. The maximum Gasteiger partial charge on any atom is 0.322 e. The number of hydrogen-bond acceptors (Lipinski definition) is 6. The van der Waals surface area contributed by atoms with Gasteiger partial charge >= 0.3 is 6.01 Å². The Labute approximate surface area is 185 Å². The van der Waals surface area contributed by atoms with E-state index in [4.69, 9.17) is 4.42 Å². The molecule has 0 spiro atoms. The Morgan fingerprint density at radius 2 is 1.75 bits per heavy atom. The summed E-state index contributed by atoms with van der Waals surface area (Å²) >= 11 is 0. The number of hydrogen-bond donors (Lipinski definition) is 1. The van der Waals surface area contributed by atoms with Crippen LogP contribution in [0.1, 0.15) is 41.6 Å². The van der Waals surface area contributed by atoms with Crippen LogP contribution < -0.4 is 5.32 Å². The van der Waals surface area contributed by atoms with E-state index >= 15 is 0 Å². The molecule has 0 aliphatic carbocycles. The van der Waals surface area contributed by atoms with Gasteiger partial charge in [0.1, 0.15) is 5.82 Å². The molecule has 1 aliphatic heterocycles. The lowest BCUT2D eigenvalue weighted by Crippen LogP contribution is -2.37. The van der Waals surface area contributed by atoms with Gasteiger partial charge in [-0.3, -0.25) is 10.1 Å². The molecule has 1 N–H and O–H groups in total. The molecule has 10 heteroatoms. The van der Waals surface area contributed by atoms with E-state index in [0.717, 1.165) is 18.4 Å². The Bertz CT molecular complexity index is 1190. The van der Waals surface area contributed by atoms with Crippen LogP contribution in [0.15, 0.2) is 57.8 Å². The van der Waals surface area contributed by atoms with Gasteiger partial charge in [0.15, 0.2) is 0 Å². The van der Waals surface area contributed by atoms with E-state index in [2.05, 4.69) is 22.4 Å². The van der Waals surface area contributed by atoms with Gasteiger partial charge in [-0.15, -0.1) is 5.10 Å². The third kappa shape index (κ3) is 5.03. The fourth-order valence-corrected chi connectivity index (χ4v) is 4.94. The zero-order chi connectivity index (χ0) is 22.7. The van der Waals surface area contributed by atoms with E-state index in [9.17, 15) is 17.6 Å². The molecule has 0 radical (unpaired) electrons. The molecule has 2 aromatic carbocycles. The fourth-order valence-electron chi connectivity index (χ4n) is 3.47. The van der Waals surface area contributed by atoms with Gasteiger partial charge in [-0.1, -0.05) is 24.2 Å². The lowest BCUT2D eigenvalue weighted by atomic mass is 10.0. The minimum absolute atomic E-state index is 0.0775. The number of amides is 1. The lowest BCUT2D eigenvalue weighted by molar-refractivity contribution is 0.102. The molecule has 168 valence electrons. The molecule has 4 rings (SSSR count). The van der Waals surface area contributed by atoms with Crippen molar-refractivity contribution in [3.8, 4) is 0 Å². The van der Waals surface area contributed by atoms with Crippen LogP contribution in [0.4, 0.5) is 10.4 Å². The number of carbonyl (C=O) groups is 1. The first-order valence-corrected chi connectivity index (χ1v) is 11.7. The monoisotopic (exact) mass is 458 g/mol. The SMILES string of the molecule is CC1CCN(S(=O)(=O)c2ccc(C(=O)Nc3nnc(Cc4ccc(F)cc4)o3)cc2)CC1. The van der Waals surface area contributed by atoms with Crippen LogP contribution in [0.5, 0.6) is 0 Å². The number of anilines is 1. The second-order valence-corrected chi connectivity index (χ2v) is 9.81. The van der Waals surface area contributed by atoms with Gasteiger partial charge < -0.3 is 4.42 Å². The Kier molecular flexibility index (Phi) is 6.33.